The molecule has 1 aromatic heterocycles. The maximum Gasteiger partial charge on any atom is 0.150 e. The number of aryl methyl sites for hydroxylation is 1. The van der Waals surface area contributed by atoms with Gasteiger partial charge in [-0.2, -0.15) is 0 Å². The van der Waals surface area contributed by atoms with Crippen LogP contribution >= 0.6 is 23.1 Å². The highest BCUT2D eigenvalue weighted by atomic mass is 32.2. The number of thioether (sulfide) groups is 1. The first-order valence-electron chi connectivity index (χ1n) is 7.00. The molecule has 3 nitrogen and oxygen atoms in total. The molecule has 0 saturated heterocycles. The third-order valence-electron chi connectivity index (χ3n) is 3.56. The van der Waals surface area contributed by atoms with E-state index in [2.05, 4.69) is 29.5 Å². The number of hydrogen-bond acceptors (Lipinski definition) is 5. The number of thiazole rings is 1. The van der Waals surface area contributed by atoms with E-state index in [4.69, 9.17) is 0 Å². The maximum absolute atomic E-state index is 9.79. The summed E-state index contributed by atoms with van der Waals surface area (Å²) in [4.78, 5) is 4.54. The molecule has 1 aliphatic carbocycles. The molecule has 2 rings (SSSR count). The van der Waals surface area contributed by atoms with Gasteiger partial charge in [-0.1, -0.05) is 32.0 Å². The van der Waals surface area contributed by atoms with Crippen LogP contribution in [-0.4, -0.2) is 33.5 Å². The lowest BCUT2D eigenvalue weighted by Gasteiger charge is -2.41. The Hall–Kier alpha value is -0.100. The van der Waals surface area contributed by atoms with Gasteiger partial charge in [0.1, 0.15) is 4.34 Å². The highest BCUT2D eigenvalue weighted by Gasteiger charge is 2.36. The van der Waals surface area contributed by atoms with Gasteiger partial charge < -0.3 is 10.4 Å². The summed E-state index contributed by atoms with van der Waals surface area (Å²) in [6, 6.07) is 0.415. The van der Waals surface area contributed by atoms with Crippen LogP contribution in [0.3, 0.4) is 0 Å². The summed E-state index contributed by atoms with van der Waals surface area (Å²) in [6.07, 6.45) is 4.52. The van der Waals surface area contributed by atoms with Crippen molar-refractivity contribution in [2.24, 2.45) is 0 Å². The van der Waals surface area contributed by atoms with Crippen LogP contribution in [0, 0.1) is 6.92 Å². The highest BCUT2D eigenvalue weighted by Crippen LogP contribution is 2.39. The van der Waals surface area contributed by atoms with Crippen LogP contribution in [0.4, 0.5) is 0 Å². The van der Waals surface area contributed by atoms with Gasteiger partial charge in [-0.3, -0.25) is 0 Å². The van der Waals surface area contributed by atoms with E-state index in [0.29, 0.717) is 11.3 Å². The smallest absolute Gasteiger partial charge is 0.150 e. The van der Waals surface area contributed by atoms with Crippen LogP contribution in [0.1, 0.15) is 45.2 Å². The molecule has 19 heavy (non-hydrogen) atoms. The van der Waals surface area contributed by atoms with E-state index in [1.165, 1.54) is 17.2 Å². The quantitative estimate of drug-likeness (QED) is 0.876. The molecule has 1 fully saturated rings. The van der Waals surface area contributed by atoms with E-state index in [-0.39, 0.29) is 12.1 Å². The molecule has 0 aliphatic heterocycles. The highest BCUT2D eigenvalue weighted by molar-refractivity contribution is 8.01. The van der Waals surface area contributed by atoms with Crippen molar-refractivity contribution in [3.05, 3.63) is 11.1 Å². The number of hydrogen-bond donors (Lipinski definition) is 2. The van der Waals surface area contributed by atoms with Crippen molar-refractivity contribution in [1.82, 2.24) is 10.3 Å². The van der Waals surface area contributed by atoms with Crippen LogP contribution < -0.4 is 5.32 Å². The second-order valence-corrected chi connectivity index (χ2v) is 8.23. The lowest BCUT2D eigenvalue weighted by molar-refractivity contribution is 0.115. The van der Waals surface area contributed by atoms with Gasteiger partial charge in [-0.05, 0) is 26.2 Å². The molecule has 0 bridgehead atoms. The summed E-state index contributed by atoms with van der Waals surface area (Å²) in [6.45, 7) is 6.58. The molecule has 2 N–H and O–H groups in total. The van der Waals surface area contributed by atoms with Gasteiger partial charge in [-0.25, -0.2) is 4.98 Å². The minimum atomic E-state index is -0.0869. The van der Waals surface area contributed by atoms with Crippen molar-refractivity contribution in [3.8, 4) is 0 Å². The molecule has 1 aromatic rings. The van der Waals surface area contributed by atoms with Crippen molar-refractivity contribution < 1.29 is 5.11 Å². The van der Waals surface area contributed by atoms with E-state index >= 15 is 0 Å². The zero-order chi connectivity index (χ0) is 13.9. The lowest BCUT2D eigenvalue weighted by atomic mass is 9.81. The standard InChI is InChI=1S/C14H24N2OS2/c1-10(2)16-14(9-17)6-4-5-12(7-14)19-13-15-11(3)8-18-13/h8,10,12,16-17H,4-7,9H2,1-3H3. The molecule has 5 heteroatoms. The Morgan fingerprint density at radius 2 is 2.42 bits per heavy atom. The summed E-state index contributed by atoms with van der Waals surface area (Å²) in [5.41, 5.74) is 1.02. The van der Waals surface area contributed by atoms with Crippen LogP contribution in [0.15, 0.2) is 9.72 Å². The molecule has 108 valence electrons. The molecule has 0 radical (unpaired) electrons. The Kier molecular flexibility index (Phi) is 5.29. The fourth-order valence-electron chi connectivity index (χ4n) is 2.87. The van der Waals surface area contributed by atoms with E-state index in [1.54, 1.807) is 11.3 Å². The van der Waals surface area contributed by atoms with Gasteiger partial charge in [0.2, 0.25) is 0 Å². The predicted octanol–water partition coefficient (Wildman–Crippen LogP) is 3.22. The average molecular weight is 300 g/mol. The summed E-state index contributed by atoms with van der Waals surface area (Å²) in [5, 5.41) is 16.1. The fraction of sp³-hybridized carbons (Fsp3) is 0.786. The first-order valence-corrected chi connectivity index (χ1v) is 8.76. The molecular weight excluding hydrogens is 276 g/mol. The Morgan fingerprint density at radius 1 is 1.63 bits per heavy atom. The monoisotopic (exact) mass is 300 g/mol. The molecule has 1 aliphatic rings. The molecular formula is C14H24N2OS2. The molecule has 2 unspecified atom stereocenters. The predicted molar refractivity (Wildman–Crippen MR) is 83.1 cm³/mol. The van der Waals surface area contributed by atoms with Crippen LogP contribution in [0.5, 0.6) is 0 Å². The van der Waals surface area contributed by atoms with Gasteiger partial charge in [0.25, 0.3) is 0 Å². The zero-order valence-electron chi connectivity index (χ0n) is 12.0. The van der Waals surface area contributed by atoms with Crippen LogP contribution in [0.2, 0.25) is 0 Å². The van der Waals surface area contributed by atoms with Crippen molar-refractivity contribution in [2.45, 2.75) is 67.6 Å². The van der Waals surface area contributed by atoms with Gasteiger partial charge in [0.15, 0.2) is 0 Å². The maximum atomic E-state index is 9.79. The van der Waals surface area contributed by atoms with Crippen LogP contribution in [-0.2, 0) is 0 Å². The largest absolute Gasteiger partial charge is 0.394 e. The normalized spacial score (nSPS) is 27.9. The van der Waals surface area contributed by atoms with Crippen LogP contribution in [0.25, 0.3) is 0 Å². The Morgan fingerprint density at radius 3 is 3.00 bits per heavy atom. The SMILES string of the molecule is Cc1csc(SC2CCCC(CO)(NC(C)C)C2)n1. The van der Waals surface area contributed by atoms with Gasteiger partial charge >= 0.3 is 0 Å². The van der Waals surface area contributed by atoms with Gasteiger partial charge in [0, 0.05) is 27.9 Å². The van der Waals surface area contributed by atoms with Crippen molar-refractivity contribution in [1.29, 1.82) is 0 Å². The van der Waals surface area contributed by atoms with Gasteiger partial charge in [0.05, 0.1) is 6.61 Å². The second kappa shape index (κ2) is 6.57. The lowest BCUT2D eigenvalue weighted by Crippen LogP contribution is -2.54. The molecule has 1 saturated carbocycles. The molecule has 0 amide bonds. The Labute approximate surface area is 124 Å². The van der Waals surface area contributed by atoms with Gasteiger partial charge in [-0.15, -0.1) is 11.3 Å². The fourth-order valence-corrected chi connectivity index (χ4v) is 5.33. The molecule has 0 spiro atoms. The molecule has 2 atom stereocenters. The zero-order valence-corrected chi connectivity index (χ0v) is 13.6. The van der Waals surface area contributed by atoms with E-state index in [9.17, 15) is 5.11 Å². The summed E-state index contributed by atoms with van der Waals surface area (Å²) in [7, 11) is 0. The average Bonchev–Trinajstić information content (AvgIpc) is 2.74. The third-order valence-corrected chi connectivity index (χ3v) is 5.92. The number of aromatic nitrogens is 1. The molecule has 1 heterocycles. The number of aliphatic hydroxyl groups is 1. The first kappa shape index (κ1) is 15.3. The Bertz CT molecular complexity index is 408. The number of nitrogens with zero attached hydrogens (tertiary/aromatic N) is 1. The van der Waals surface area contributed by atoms with E-state index in [1.807, 2.05) is 18.7 Å². The third kappa shape index (κ3) is 4.18. The topological polar surface area (TPSA) is 45.1 Å². The summed E-state index contributed by atoms with van der Waals surface area (Å²) < 4.78 is 1.17. The minimum absolute atomic E-state index is 0.0869. The second-order valence-electron chi connectivity index (χ2n) is 5.83. The number of nitrogens with one attached hydrogen (secondary N) is 1. The van der Waals surface area contributed by atoms with E-state index < -0.39 is 0 Å². The van der Waals surface area contributed by atoms with E-state index in [0.717, 1.165) is 18.5 Å². The number of aliphatic hydroxyl groups excluding tert-OH is 1. The van der Waals surface area contributed by atoms with Crippen molar-refractivity contribution in [2.75, 3.05) is 6.61 Å². The Balaban J connectivity index is 1.99. The minimum Gasteiger partial charge on any atom is -0.394 e. The summed E-state index contributed by atoms with van der Waals surface area (Å²) in [5.74, 6) is 0. The number of rotatable bonds is 5. The summed E-state index contributed by atoms with van der Waals surface area (Å²) >= 11 is 3.62. The van der Waals surface area contributed by atoms with Crippen molar-refractivity contribution >= 4 is 23.1 Å². The first-order chi connectivity index (χ1) is 9.03. The molecule has 0 aromatic carbocycles. The van der Waals surface area contributed by atoms with Crippen molar-refractivity contribution in [3.63, 3.8) is 0 Å².